The minimum absolute atomic E-state index is 0.144. The molecular weight excluding hydrogens is 549 g/mol. The molecule has 1 aliphatic heterocycles. The fourth-order valence-electron chi connectivity index (χ4n) is 4.30. The van der Waals surface area contributed by atoms with Gasteiger partial charge in [-0.15, -0.1) is 0 Å². The van der Waals surface area contributed by atoms with Gasteiger partial charge in [0.15, 0.2) is 11.5 Å². The van der Waals surface area contributed by atoms with Crippen LogP contribution in [0.2, 0.25) is 0 Å². The molecule has 208 valence electrons. The summed E-state index contributed by atoms with van der Waals surface area (Å²) in [6.45, 7) is 4.38. The third kappa shape index (κ3) is 5.39. The molecule has 0 unspecified atom stereocenters. The Balaban J connectivity index is 1.20. The predicted octanol–water partition coefficient (Wildman–Crippen LogP) is 4.95. The molecular formula is C28H24FN7O4S. The number of thiazole rings is 1. The van der Waals surface area contributed by atoms with Gasteiger partial charge in [-0.1, -0.05) is 17.9 Å². The monoisotopic (exact) mass is 573 g/mol. The SMILES string of the molecule is C=CC(=O)N1CC(Oc2cc3c(Nc4ccc(Oc5nc(-c6cnn(C)c6)cs5)cc4F)ncnc3cc2OC)C1. The number of hydrogen-bond acceptors (Lipinski definition) is 10. The van der Waals surface area contributed by atoms with E-state index in [2.05, 4.69) is 31.9 Å². The maximum Gasteiger partial charge on any atom is 0.279 e. The number of aryl methyl sites for hydroxylation is 1. The van der Waals surface area contributed by atoms with Crippen LogP contribution in [-0.4, -0.2) is 61.8 Å². The Hall–Kier alpha value is -5.04. The van der Waals surface area contributed by atoms with E-state index in [0.717, 1.165) is 11.3 Å². The number of likely N-dealkylation sites (tertiary alicyclic amines) is 1. The van der Waals surface area contributed by atoms with E-state index in [0.29, 0.717) is 52.3 Å². The number of nitrogens with one attached hydrogen (secondary N) is 1. The summed E-state index contributed by atoms with van der Waals surface area (Å²) in [5.74, 6) is 0.953. The quantitative estimate of drug-likeness (QED) is 0.245. The van der Waals surface area contributed by atoms with E-state index < -0.39 is 5.82 Å². The zero-order valence-corrected chi connectivity index (χ0v) is 22.9. The molecule has 1 saturated heterocycles. The third-order valence-electron chi connectivity index (χ3n) is 6.43. The first-order valence-corrected chi connectivity index (χ1v) is 13.4. The van der Waals surface area contributed by atoms with Crippen molar-refractivity contribution in [3.8, 4) is 33.7 Å². The fourth-order valence-corrected chi connectivity index (χ4v) is 4.99. The molecule has 5 aromatic rings. The Morgan fingerprint density at radius 1 is 1.22 bits per heavy atom. The number of amides is 1. The molecule has 1 aliphatic rings. The Morgan fingerprint density at radius 3 is 2.80 bits per heavy atom. The van der Waals surface area contributed by atoms with Gasteiger partial charge in [0.25, 0.3) is 5.19 Å². The van der Waals surface area contributed by atoms with Crippen LogP contribution in [0.4, 0.5) is 15.9 Å². The van der Waals surface area contributed by atoms with Crippen molar-refractivity contribution in [2.75, 3.05) is 25.5 Å². The van der Waals surface area contributed by atoms with Gasteiger partial charge < -0.3 is 24.4 Å². The van der Waals surface area contributed by atoms with E-state index in [9.17, 15) is 4.79 Å². The van der Waals surface area contributed by atoms with Gasteiger partial charge in [-0.05, 0) is 24.3 Å². The lowest BCUT2D eigenvalue weighted by Crippen LogP contribution is -2.55. The normalized spacial score (nSPS) is 13.1. The van der Waals surface area contributed by atoms with E-state index in [1.807, 2.05) is 18.6 Å². The van der Waals surface area contributed by atoms with Crippen molar-refractivity contribution < 1.29 is 23.4 Å². The Bertz CT molecular complexity index is 1770. The molecule has 1 fully saturated rings. The number of hydrogen-bond donors (Lipinski definition) is 1. The second kappa shape index (κ2) is 10.8. The second-order valence-corrected chi connectivity index (χ2v) is 10.0. The number of methoxy groups -OCH3 is 1. The summed E-state index contributed by atoms with van der Waals surface area (Å²) < 4.78 is 34.3. The number of benzene rings is 2. The molecule has 6 rings (SSSR count). The third-order valence-corrected chi connectivity index (χ3v) is 7.15. The summed E-state index contributed by atoms with van der Waals surface area (Å²) in [5, 5.41) is 10.0. The molecule has 0 spiro atoms. The van der Waals surface area contributed by atoms with Crippen molar-refractivity contribution in [1.29, 1.82) is 0 Å². The summed E-state index contributed by atoms with van der Waals surface area (Å²) in [4.78, 5) is 26.5. The van der Waals surface area contributed by atoms with Crippen LogP contribution in [0.1, 0.15) is 0 Å². The molecule has 1 amide bonds. The number of rotatable bonds is 9. The molecule has 41 heavy (non-hydrogen) atoms. The molecule has 0 radical (unpaired) electrons. The van der Waals surface area contributed by atoms with Gasteiger partial charge in [-0.25, -0.2) is 19.3 Å². The second-order valence-electron chi connectivity index (χ2n) is 9.20. The highest BCUT2D eigenvalue weighted by Gasteiger charge is 2.31. The number of ether oxygens (including phenoxy) is 3. The molecule has 13 heteroatoms. The van der Waals surface area contributed by atoms with Crippen LogP contribution >= 0.6 is 11.3 Å². The number of anilines is 2. The summed E-state index contributed by atoms with van der Waals surface area (Å²) in [7, 11) is 3.37. The standard InChI is InChI=1S/C28H24FN7O4S/c1-4-26(37)36-12-18(13-36)39-25-8-19-22(9-24(25)38-3)30-15-31-27(19)33-21-6-5-17(7-20(21)29)40-28-34-23(14-41-28)16-10-32-35(2)11-16/h4-11,14-15,18H,1,12-13H2,2-3H3,(H,30,31,33). The van der Waals surface area contributed by atoms with Crippen LogP contribution < -0.4 is 19.5 Å². The van der Waals surface area contributed by atoms with Crippen molar-refractivity contribution in [1.82, 2.24) is 29.6 Å². The van der Waals surface area contributed by atoms with E-state index in [1.54, 1.807) is 40.0 Å². The highest BCUT2D eigenvalue weighted by atomic mass is 32.1. The maximum atomic E-state index is 15.2. The van der Waals surface area contributed by atoms with Gasteiger partial charge in [0.2, 0.25) is 5.91 Å². The van der Waals surface area contributed by atoms with E-state index in [-0.39, 0.29) is 17.7 Å². The minimum atomic E-state index is -0.537. The topological polar surface area (TPSA) is 117 Å². The first kappa shape index (κ1) is 26.2. The molecule has 4 heterocycles. The summed E-state index contributed by atoms with van der Waals surface area (Å²) in [6.07, 6.45) is 6.03. The number of carbonyl (C=O) groups excluding carboxylic acids is 1. The average molecular weight is 574 g/mol. The van der Waals surface area contributed by atoms with Crippen molar-refractivity contribution in [2.45, 2.75) is 6.10 Å². The van der Waals surface area contributed by atoms with Gasteiger partial charge in [0.1, 0.15) is 29.8 Å². The maximum absolute atomic E-state index is 15.2. The number of aromatic nitrogens is 5. The van der Waals surface area contributed by atoms with Crippen LogP contribution in [0.15, 0.2) is 67.1 Å². The zero-order valence-electron chi connectivity index (χ0n) is 22.1. The van der Waals surface area contributed by atoms with Crippen LogP contribution in [0.25, 0.3) is 22.2 Å². The molecule has 0 saturated carbocycles. The Labute approximate surface area is 237 Å². The Morgan fingerprint density at radius 2 is 2.07 bits per heavy atom. The highest BCUT2D eigenvalue weighted by Crippen LogP contribution is 2.37. The lowest BCUT2D eigenvalue weighted by Gasteiger charge is -2.38. The lowest BCUT2D eigenvalue weighted by molar-refractivity contribution is -0.134. The highest BCUT2D eigenvalue weighted by molar-refractivity contribution is 7.11. The van der Waals surface area contributed by atoms with E-state index >= 15 is 4.39 Å². The van der Waals surface area contributed by atoms with Gasteiger partial charge in [-0.2, -0.15) is 5.10 Å². The first-order valence-electron chi connectivity index (χ1n) is 12.5. The molecule has 3 aromatic heterocycles. The number of halogens is 1. The molecule has 0 bridgehead atoms. The smallest absolute Gasteiger partial charge is 0.279 e. The number of nitrogens with zero attached hydrogens (tertiary/aromatic N) is 6. The predicted molar refractivity (Wildman–Crippen MR) is 151 cm³/mol. The van der Waals surface area contributed by atoms with Crippen LogP contribution in [0.5, 0.6) is 22.4 Å². The van der Waals surface area contributed by atoms with E-state index in [1.165, 1.54) is 36.9 Å². The van der Waals surface area contributed by atoms with E-state index in [4.69, 9.17) is 14.2 Å². The lowest BCUT2D eigenvalue weighted by atomic mass is 10.1. The van der Waals surface area contributed by atoms with Crippen LogP contribution in [0, 0.1) is 5.82 Å². The largest absolute Gasteiger partial charge is 0.493 e. The fraction of sp³-hybridized carbons (Fsp3) is 0.179. The van der Waals surface area contributed by atoms with Crippen molar-refractivity contribution >= 4 is 39.7 Å². The number of carbonyl (C=O) groups is 1. The molecule has 0 atom stereocenters. The summed E-state index contributed by atoms with van der Waals surface area (Å²) >= 11 is 1.31. The zero-order chi connectivity index (χ0) is 28.5. The Kier molecular flexibility index (Phi) is 6.93. The van der Waals surface area contributed by atoms with Gasteiger partial charge in [-0.3, -0.25) is 9.48 Å². The summed E-state index contributed by atoms with van der Waals surface area (Å²) in [5.41, 5.74) is 2.37. The van der Waals surface area contributed by atoms with Gasteiger partial charge >= 0.3 is 0 Å². The minimum Gasteiger partial charge on any atom is -0.493 e. The molecule has 11 nitrogen and oxygen atoms in total. The van der Waals surface area contributed by atoms with Crippen LogP contribution in [0.3, 0.4) is 0 Å². The molecule has 1 N–H and O–H groups in total. The molecule has 2 aromatic carbocycles. The van der Waals surface area contributed by atoms with Crippen molar-refractivity contribution in [3.05, 3.63) is 72.9 Å². The van der Waals surface area contributed by atoms with Crippen LogP contribution in [-0.2, 0) is 11.8 Å². The van der Waals surface area contributed by atoms with Gasteiger partial charge in [0, 0.05) is 41.7 Å². The number of fused-ring (bicyclic) bond motifs is 1. The first-order chi connectivity index (χ1) is 19.9. The van der Waals surface area contributed by atoms with Crippen molar-refractivity contribution in [3.63, 3.8) is 0 Å². The van der Waals surface area contributed by atoms with Crippen molar-refractivity contribution in [2.24, 2.45) is 7.05 Å². The van der Waals surface area contributed by atoms with Gasteiger partial charge in [0.05, 0.1) is 43.3 Å². The summed E-state index contributed by atoms with van der Waals surface area (Å²) in [6, 6.07) is 7.95. The average Bonchev–Trinajstić information content (AvgIpc) is 3.60. The molecule has 0 aliphatic carbocycles.